The summed E-state index contributed by atoms with van der Waals surface area (Å²) >= 11 is 6.45. The predicted octanol–water partition coefficient (Wildman–Crippen LogP) is 2.51. The first-order chi connectivity index (χ1) is 9.38. The van der Waals surface area contributed by atoms with Gasteiger partial charge in [-0.15, -0.1) is 0 Å². The Labute approximate surface area is 132 Å². The van der Waals surface area contributed by atoms with Crippen LogP contribution in [0.5, 0.6) is 0 Å². The number of halogens is 2. The van der Waals surface area contributed by atoms with Crippen LogP contribution in [-0.2, 0) is 0 Å². The standard InChI is InChI=1S/C12H12Br2N2O4/c13-6-3-8(11(18)19)10(9(14)4-6)15-12(20)16-2-1-7(17)5-16/h3-4,7,17H,1-2,5H2,(H,15,20)(H,18,19). The Hall–Kier alpha value is -1.12. The number of hydrogen-bond acceptors (Lipinski definition) is 3. The maximum Gasteiger partial charge on any atom is 0.337 e. The van der Waals surface area contributed by atoms with E-state index in [0.29, 0.717) is 21.9 Å². The van der Waals surface area contributed by atoms with Crippen LogP contribution < -0.4 is 5.32 Å². The number of aromatic carboxylic acids is 1. The number of aliphatic hydroxyl groups is 1. The lowest BCUT2D eigenvalue weighted by atomic mass is 10.2. The van der Waals surface area contributed by atoms with E-state index in [2.05, 4.69) is 37.2 Å². The number of hydrogen-bond donors (Lipinski definition) is 3. The quantitative estimate of drug-likeness (QED) is 0.702. The fraction of sp³-hybridized carbons (Fsp3) is 0.333. The van der Waals surface area contributed by atoms with Gasteiger partial charge in [-0.2, -0.15) is 0 Å². The molecule has 0 radical (unpaired) electrons. The number of amides is 2. The van der Waals surface area contributed by atoms with Crippen molar-refractivity contribution in [3.05, 3.63) is 26.6 Å². The first-order valence-electron chi connectivity index (χ1n) is 5.85. The third-order valence-corrected chi connectivity index (χ3v) is 4.05. The van der Waals surface area contributed by atoms with Crippen molar-refractivity contribution in [2.75, 3.05) is 18.4 Å². The summed E-state index contributed by atoms with van der Waals surface area (Å²) < 4.78 is 1.06. The van der Waals surface area contributed by atoms with Gasteiger partial charge in [-0.05, 0) is 34.5 Å². The highest BCUT2D eigenvalue weighted by Gasteiger charge is 2.26. The van der Waals surface area contributed by atoms with Crippen molar-refractivity contribution in [1.82, 2.24) is 4.90 Å². The summed E-state index contributed by atoms with van der Waals surface area (Å²) in [7, 11) is 0. The van der Waals surface area contributed by atoms with Gasteiger partial charge in [-0.1, -0.05) is 15.9 Å². The summed E-state index contributed by atoms with van der Waals surface area (Å²) in [5, 5.41) is 21.2. The van der Waals surface area contributed by atoms with E-state index in [4.69, 9.17) is 0 Å². The topological polar surface area (TPSA) is 89.9 Å². The second-order valence-electron chi connectivity index (χ2n) is 4.43. The number of carboxylic acids is 1. The Bertz CT molecular complexity index is 565. The van der Waals surface area contributed by atoms with Crippen LogP contribution >= 0.6 is 31.9 Å². The molecule has 1 aliphatic heterocycles. The molecule has 2 amide bonds. The van der Waals surface area contributed by atoms with Crippen LogP contribution in [0.3, 0.4) is 0 Å². The number of anilines is 1. The molecule has 0 aliphatic carbocycles. The molecular formula is C12H12Br2N2O4. The summed E-state index contributed by atoms with van der Waals surface area (Å²) in [6.45, 7) is 0.700. The fourth-order valence-corrected chi connectivity index (χ4v) is 3.31. The van der Waals surface area contributed by atoms with Crippen LogP contribution in [0, 0.1) is 0 Å². The number of aliphatic hydroxyl groups excluding tert-OH is 1. The number of nitrogens with one attached hydrogen (secondary N) is 1. The van der Waals surface area contributed by atoms with Gasteiger partial charge < -0.3 is 20.4 Å². The van der Waals surface area contributed by atoms with Gasteiger partial charge in [0.1, 0.15) is 0 Å². The summed E-state index contributed by atoms with van der Waals surface area (Å²) in [5.74, 6) is -1.14. The van der Waals surface area contributed by atoms with Crippen LogP contribution in [0.15, 0.2) is 21.1 Å². The van der Waals surface area contributed by atoms with Crippen LogP contribution in [0.2, 0.25) is 0 Å². The van der Waals surface area contributed by atoms with Gasteiger partial charge in [0.2, 0.25) is 0 Å². The van der Waals surface area contributed by atoms with Crippen molar-refractivity contribution in [2.24, 2.45) is 0 Å². The Morgan fingerprint density at radius 1 is 1.35 bits per heavy atom. The van der Waals surface area contributed by atoms with Gasteiger partial charge in [0.05, 0.1) is 17.4 Å². The minimum absolute atomic E-state index is 0.0145. The van der Waals surface area contributed by atoms with Crippen LogP contribution in [0.1, 0.15) is 16.8 Å². The van der Waals surface area contributed by atoms with E-state index in [9.17, 15) is 19.8 Å². The monoisotopic (exact) mass is 406 g/mol. The highest BCUT2D eigenvalue weighted by Crippen LogP contribution is 2.31. The number of urea groups is 1. The van der Waals surface area contributed by atoms with E-state index in [1.807, 2.05) is 0 Å². The van der Waals surface area contributed by atoms with Crippen LogP contribution in [0.4, 0.5) is 10.5 Å². The average molecular weight is 408 g/mol. The number of β-amino-alcohol motifs (C(OH)–C–C–N with tert-alkyl or cyclic N) is 1. The van der Waals surface area contributed by atoms with E-state index in [1.54, 1.807) is 6.07 Å². The number of carbonyl (C=O) groups excluding carboxylic acids is 1. The molecule has 3 N–H and O–H groups in total. The van der Waals surface area contributed by atoms with E-state index >= 15 is 0 Å². The third-order valence-electron chi connectivity index (χ3n) is 2.97. The molecule has 108 valence electrons. The lowest BCUT2D eigenvalue weighted by Gasteiger charge is -2.18. The molecule has 1 atom stereocenters. The Morgan fingerprint density at radius 2 is 2.05 bits per heavy atom. The fourth-order valence-electron chi connectivity index (χ4n) is 1.98. The number of carboxylic acid groups (broad SMARTS) is 1. The first-order valence-corrected chi connectivity index (χ1v) is 7.43. The normalized spacial score (nSPS) is 18.1. The van der Waals surface area contributed by atoms with Crippen LogP contribution in [-0.4, -0.2) is 46.3 Å². The summed E-state index contributed by atoms with van der Waals surface area (Å²) in [6.07, 6.45) is 0.00817. The first kappa shape index (κ1) is 15.3. The summed E-state index contributed by atoms with van der Waals surface area (Å²) in [6, 6.07) is 2.65. The van der Waals surface area contributed by atoms with Crippen molar-refractivity contribution in [1.29, 1.82) is 0 Å². The van der Waals surface area contributed by atoms with Crippen molar-refractivity contribution in [3.8, 4) is 0 Å². The third kappa shape index (κ3) is 3.31. The number of benzene rings is 1. The van der Waals surface area contributed by atoms with Gasteiger partial charge in [0, 0.05) is 22.0 Å². The molecule has 8 heteroatoms. The number of carbonyl (C=O) groups is 2. The predicted molar refractivity (Wildman–Crippen MR) is 80.0 cm³/mol. The molecule has 1 aromatic rings. The maximum absolute atomic E-state index is 12.1. The highest BCUT2D eigenvalue weighted by molar-refractivity contribution is 9.11. The SMILES string of the molecule is O=C(O)c1cc(Br)cc(Br)c1NC(=O)N1CCC(O)C1. The largest absolute Gasteiger partial charge is 0.478 e. The molecule has 1 fully saturated rings. The van der Waals surface area contributed by atoms with E-state index < -0.39 is 18.1 Å². The molecule has 0 spiro atoms. The van der Waals surface area contributed by atoms with Crippen molar-refractivity contribution < 1.29 is 19.8 Å². The highest BCUT2D eigenvalue weighted by atomic mass is 79.9. The molecule has 1 saturated heterocycles. The Balaban J connectivity index is 2.24. The Kier molecular flexibility index (Phi) is 4.66. The molecule has 6 nitrogen and oxygen atoms in total. The molecule has 2 rings (SSSR count). The number of nitrogens with zero attached hydrogens (tertiary/aromatic N) is 1. The van der Waals surface area contributed by atoms with Crippen molar-refractivity contribution >= 4 is 49.5 Å². The van der Waals surface area contributed by atoms with E-state index in [0.717, 1.165) is 0 Å². The summed E-state index contributed by atoms with van der Waals surface area (Å²) in [4.78, 5) is 24.7. The molecule has 0 aromatic heterocycles. The average Bonchev–Trinajstić information content (AvgIpc) is 2.78. The zero-order chi connectivity index (χ0) is 14.9. The van der Waals surface area contributed by atoms with Crippen molar-refractivity contribution in [2.45, 2.75) is 12.5 Å². The minimum atomic E-state index is -1.14. The zero-order valence-corrected chi connectivity index (χ0v) is 13.4. The smallest absolute Gasteiger partial charge is 0.337 e. The molecule has 0 saturated carbocycles. The van der Waals surface area contributed by atoms with Crippen LogP contribution in [0.25, 0.3) is 0 Å². The molecule has 0 bridgehead atoms. The second-order valence-corrected chi connectivity index (χ2v) is 6.20. The molecule has 1 aromatic carbocycles. The molecular weight excluding hydrogens is 396 g/mol. The van der Waals surface area contributed by atoms with Gasteiger partial charge in [0.25, 0.3) is 0 Å². The number of likely N-dealkylation sites (tertiary alicyclic amines) is 1. The Morgan fingerprint density at radius 3 is 2.60 bits per heavy atom. The van der Waals surface area contributed by atoms with Crippen molar-refractivity contribution in [3.63, 3.8) is 0 Å². The maximum atomic E-state index is 12.1. The minimum Gasteiger partial charge on any atom is -0.478 e. The lowest BCUT2D eigenvalue weighted by Crippen LogP contribution is -2.34. The van der Waals surface area contributed by atoms with E-state index in [-0.39, 0.29) is 17.8 Å². The van der Waals surface area contributed by atoms with Gasteiger partial charge in [-0.3, -0.25) is 0 Å². The zero-order valence-electron chi connectivity index (χ0n) is 10.3. The molecule has 20 heavy (non-hydrogen) atoms. The van der Waals surface area contributed by atoms with E-state index in [1.165, 1.54) is 11.0 Å². The molecule has 1 aliphatic rings. The summed E-state index contributed by atoms with van der Waals surface area (Å²) in [5.41, 5.74) is 0.187. The second kappa shape index (κ2) is 6.11. The lowest BCUT2D eigenvalue weighted by molar-refractivity contribution is 0.0698. The van der Waals surface area contributed by atoms with Gasteiger partial charge in [-0.25, -0.2) is 9.59 Å². The van der Waals surface area contributed by atoms with Gasteiger partial charge >= 0.3 is 12.0 Å². The molecule has 1 unspecified atom stereocenters. The van der Waals surface area contributed by atoms with Gasteiger partial charge in [0.15, 0.2) is 0 Å². The molecule has 1 heterocycles. The number of rotatable bonds is 2.